The van der Waals surface area contributed by atoms with Gasteiger partial charge in [0.05, 0.1) is 0 Å². The Labute approximate surface area is 42.2 Å². The SMILES string of the molecule is [NH-][n+]1ccccc1. The minimum Gasteiger partial charge on any atom is -0.449 e. The first-order valence-corrected chi connectivity index (χ1v) is 2.07. The maximum atomic E-state index is 6.91. The third-order valence-corrected chi connectivity index (χ3v) is 0.716. The molecule has 0 amide bonds. The predicted octanol–water partition coefficient (Wildman–Crippen LogP) is 0.789. The molecule has 0 aliphatic heterocycles. The lowest BCUT2D eigenvalue weighted by Crippen LogP contribution is -2.19. The highest BCUT2D eigenvalue weighted by Crippen LogP contribution is 1.72. The van der Waals surface area contributed by atoms with Gasteiger partial charge in [0.15, 0.2) is 12.4 Å². The van der Waals surface area contributed by atoms with Crippen molar-refractivity contribution < 1.29 is 4.68 Å². The zero-order valence-corrected chi connectivity index (χ0v) is 3.83. The molecule has 0 bridgehead atoms. The van der Waals surface area contributed by atoms with Crippen LogP contribution in [-0.2, 0) is 0 Å². The van der Waals surface area contributed by atoms with Crippen molar-refractivity contribution >= 4 is 0 Å². The van der Waals surface area contributed by atoms with E-state index in [4.69, 9.17) is 5.84 Å². The molecular formula is C5H6N2. The van der Waals surface area contributed by atoms with Crippen LogP contribution >= 0.6 is 0 Å². The highest BCUT2D eigenvalue weighted by Gasteiger charge is 1.73. The summed E-state index contributed by atoms with van der Waals surface area (Å²) in [6.07, 6.45) is 3.33. The van der Waals surface area contributed by atoms with Crippen molar-refractivity contribution in [2.24, 2.45) is 0 Å². The van der Waals surface area contributed by atoms with Gasteiger partial charge in [-0.25, -0.2) is 4.68 Å². The number of hydrogen-bond acceptors (Lipinski definition) is 0. The molecule has 0 saturated heterocycles. The number of nitrogens with one attached hydrogen (secondary N) is 1. The lowest BCUT2D eigenvalue weighted by molar-refractivity contribution is -0.605. The van der Waals surface area contributed by atoms with Gasteiger partial charge in [0.1, 0.15) is 0 Å². The van der Waals surface area contributed by atoms with Crippen molar-refractivity contribution in [1.29, 1.82) is 0 Å². The Bertz CT molecular complexity index is 136. The van der Waals surface area contributed by atoms with Gasteiger partial charge in [-0.3, -0.25) is 0 Å². The summed E-state index contributed by atoms with van der Waals surface area (Å²) in [4.78, 5) is 0. The van der Waals surface area contributed by atoms with Crippen molar-refractivity contribution in [1.82, 2.24) is 0 Å². The summed E-state index contributed by atoms with van der Waals surface area (Å²) in [5.74, 6) is 6.91. The monoisotopic (exact) mass is 94.1 g/mol. The van der Waals surface area contributed by atoms with E-state index >= 15 is 0 Å². The largest absolute Gasteiger partial charge is 0.449 e. The first-order chi connectivity index (χ1) is 3.39. The summed E-state index contributed by atoms with van der Waals surface area (Å²) in [7, 11) is 0. The Hall–Kier alpha value is -1.05. The van der Waals surface area contributed by atoms with Crippen LogP contribution in [0.15, 0.2) is 30.6 Å². The average Bonchev–Trinajstić information content (AvgIpc) is 1.69. The summed E-state index contributed by atoms with van der Waals surface area (Å²) >= 11 is 0. The van der Waals surface area contributed by atoms with E-state index in [2.05, 4.69) is 0 Å². The van der Waals surface area contributed by atoms with Crippen molar-refractivity contribution in [2.75, 3.05) is 0 Å². The quantitative estimate of drug-likeness (QED) is 0.425. The van der Waals surface area contributed by atoms with E-state index in [1.54, 1.807) is 12.4 Å². The van der Waals surface area contributed by atoms with Gasteiger partial charge in [-0.05, 0) is 0 Å². The highest BCUT2D eigenvalue weighted by atomic mass is 15.3. The Morgan fingerprint density at radius 2 is 1.57 bits per heavy atom. The van der Waals surface area contributed by atoms with Gasteiger partial charge in [-0.2, -0.15) is 0 Å². The number of hydrogen-bond donors (Lipinski definition) is 0. The maximum Gasteiger partial charge on any atom is 0.163 e. The van der Waals surface area contributed by atoms with Gasteiger partial charge in [0.25, 0.3) is 0 Å². The average molecular weight is 94.1 g/mol. The molecule has 0 atom stereocenters. The lowest BCUT2D eigenvalue weighted by atomic mass is 10.5. The third-order valence-electron chi connectivity index (χ3n) is 0.716. The van der Waals surface area contributed by atoms with E-state index in [1.165, 1.54) is 4.68 Å². The fraction of sp³-hybridized carbons (Fsp3) is 0. The molecule has 0 radical (unpaired) electrons. The second-order valence-corrected chi connectivity index (χ2v) is 1.28. The second-order valence-electron chi connectivity index (χ2n) is 1.28. The molecule has 36 valence electrons. The van der Waals surface area contributed by atoms with E-state index in [0.717, 1.165) is 0 Å². The molecule has 1 heterocycles. The standard InChI is InChI=1S/C5H6N2/c6-7-4-2-1-3-5-7/h1-6H. The van der Waals surface area contributed by atoms with Crippen LogP contribution in [-0.4, -0.2) is 0 Å². The van der Waals surface area contributed by atoms with Crippen LogP contribution in [0.3, 0.4) is 0 Å². The van der Waals surface area contributed by atoms with Gasteiger partial charge in [-0.15, -0.1) is 0 Å². The van der Waals surface area contributed by atoms with Crippen LogP contribution in [0.1, 0.15) is 0 Å². The molecule has 0 saturated carbocycles. The summed E-state index contributed by atoms with van der Waals surface area (Å²) < 4.78 is 1.25. The topological polar surface area (TPSA) is 27.7 Å². The van der Waals surface area contributed by atoms with Crippen LogP contribution < -0.4 is 4.68 Å². The zero-order valence-electron chi connectivity index (χ0n) is 3.83. The summed E-state index contributed by atoms with van der Waals surface area (Å²) in [5, 5.41) is 0. The summed E-state index contributed by atoms with van der Waals surface area (Å²) in [5.41, 5.74) is 0. The molecule has 7 heavy (non-hydrogen) atoms. The molecular weight excluding hydrogens is 88.1 g/mol. The smallest absolute Gasteiger partial charge is 0.163 e. The first kappa shape index (κ1) is 4.12. The van der Waals surface area contributed by atoms with Gasteiger partial charge in [0.2, 0.25) is 0 Å². The Morgan fingerprint density at radius 3 is 1.86 bits per heavy atom. The minimum absolute atomic E-state index is 1.25. The van der Waals surface area contributed by atoms with Crippen molar-refractivity contribution in [3.05, 3.63) is 36.4 Å². The lowest BCUT2D eigenvalue weighted by Gasteiger charge is -1.87. The number of nitrogens with zero attached hydrogens (tertiary/aromatic N) is 1. The molecule has 2 heteroatoms. The maximum absolute atomic E-state index is 6.91. The molecule has 2 nitrogen and oxygen atoms in total. The number of rotatable bonds is 0. The minimum atomic E-state index is 1.25. The van der Waals surface area contributed by atoms with E-state index < -0.39 is 0 Å². The second kappa shape index (κ2) is 1.60. The van der Waals surface area contributed by atoms with Gasteiger partial charge < -0.3 is 5.84 Å². The van der Waals surface area contributed by atoms with Crippen LogP contribution in [0.25, 0.3) is 5.84 Å². The zero-order chi connectivity index (χ0) is 5.11. The highest BCUT2D eigenvalue weighted by molar-refractivity contribution is 4.83. The molecule has 0 aliphatic carbocycles. The predicted molar refractivity (Wildman–Crippen MR) is 26.4 cm³/mol. The molecule has 1 rings (SSSR count). The molecule has 0 aromatic carbocycles. The third kappa shape index (κ3) is 0.892. The summed E-state index contributed by atoms with van der Waals surface area (Å²) in [6, 6.07) is 5.50. The molecule has 1 aromatic heterocycles. The Kier molecular flexibility index (Phi) is 0.941. The van der Waals surface area contributed by atoms with Crippen molar-refractivity contribution in [3.63, 3.8) is 0 Å². The Morgan fingerprint density at radius 1 is 1.00 bits per heavy atom. The molecule has 1 N–H and O–H groups in total. The molecule has 1 aromatic rings. The van der Waals surface area contributed by atoms with Gasteiger partial charge in [-0.1, -0.05) is 6.07 Å². The van der Waals surface area contributed by atoms with E-state index in [0.29, 0.717) is 0 Å². The fourth-order valence-corrected chi connectivity index (χ4v) is 0.399. The number of pyridine rings is 1. The molecule has 0 unspecified atom stereocenters. The molecule has 0 fully saturated rings. The van der Waals surface area contributed by atoms with Crippen molar-refractivity contribution in [2.45, 2.75) is 0 Å². The van der Waals surface area contributed by atoms with Crippen LogP contribution in [0.2, 0.25) is 0 Å². The van der Waals surface area contributed by atoms with Crippen LogP contribution in [0, 0.1) is 0 Å². The summed E-state index contributed by atoms with van der Waals surface area (Å²) in [6.45, 7) is 0. The van der Waals surface area contributed by atoms with E-state index in [9.17, 15) is 0 Å². The van der Waals surface area contributed by atoms with Crippen LogP contribution in [0.5, 0.6) is 0 Å². The first-order valence-electron chi connectivity index (χ1n) is 2.07. The van der Waals surface area contributed by atoms with Gasteiger partial charge >= 0.3 is 0 Å². The van der Waals surface area contributed by atoms with Crippen LogP contribution in [0.4, 0.5) is 0 Å². The van der Waals surface area contributed by atoms with E-state index in [-0.39, 0.29) is 0 Å². The number of aromatic nitrogens is 1. The van der Waals surface area contributed by atoms with E-state index in [1.807, 2.05) is 18.2 Å². The van der Waals surface area contributed by atoms with Gasteiger partial charge in [0, 0.05) is 12.1 Å². The molecule has 0 aliphatic rings. The normalized spacial score (nSPS) is 8.57. The fourth-order valence-electron chi connectivity index (χ4n) is 0.399. The molecule has 0 spiro atoms. The van der Waals surface area contributed by atoms with Crippen molar-refractivity contribution in [3.8, 4) is 0 Å². The Balaban J connectivity index is 3.02.